The van der Waals surface area contributed by atoms with Crippen molar-refractivity contribution in [3.05, 3.63) is 34.2 Å². The maximum absolute atomic E-state index is 12.4. The summed E-state index contributed by atoms with van der Waals surface area (Å²) in [6.45, 7) is 2.30. The van der Waals surface area contributed by atoms with Crippen LogP contribution in [-0.4, -0.2) is 31.9 Å². The molecule has 1 amide bonds. The first kappa shape index (κ1) is 13.5. The Labute approximate surface area is 124 Å². The summed E-state index contributed by atoms with van der Waals surface area (Å²) >= 11 is 1.49. The van der Waals surface area contributed by atoms with Gasteiger partial charge < -0.3 is 15.3 Å². The van der Waals surface area contributed by atoms with E-state index in [0.717, 1.165) is 20.9 Å². The molecule has 0 spiro atoms. The summed E-state index contributed by atoms with van der Waals surface area (Å²) in [5.41, 5.74) is 2.71. The van der Waals surface area contributed by atoms with Crippen LogP contribution in [0.3, 0.4) is 0 Å². The second kappa shape index (κ2) is 5.13. The monoisotopic (exact) mass is 302 g/mol. The van der Waals surface area contributed by atoms with E-state index in [1.807, 2.05) is 6.92 Å². The van der Waals surface area contributed by atoms with Gasteiger partial charge in [0.05, 0.1) is 15.9 Å². The number of thiazole rings is 1. The van der Waals surface area contributed by atoms with Crippen LogP contribution in [0.1, 0.15) is 26.6 Å². The fourth-order valence-corrected chi connectivity index (χ4v) is 3.23. The van der Waals surface area contributed by atoms with Crippen LogP contribution in [0.2, 0.25) is 0 Å². The molecule has 0 aliphatic rings. The summed E-state index contributed by atoms with van der Waals surface area (Å²) in [6.07, 6.45) is 4.60. The number of hydrogen-bond donors (Lipinski definition) is 3. The van der Waals surface area contributed by atoms with Crippen LogP contribution in [0.25, 0.3) is 10.3 Å². The van der Waals surface area contributed by atoms with E-state index in [-0.39, 0.29) is 5.91 Å². The Bertz CT molecular complexity index is 814. The molecule has 0 atom stereocenters. The molecular formula is C13H14N6OS. The van der Waals surface area contributed by atoms with Gasteiger partial charge in [-0.3, -0.25) is 9.89 Å². The second-order valence-corrected chi connectivity index (χ2v) is 5.84. The molecule has 21 heavy (non-hydrogen) atoms. The molecule has 0 fully saturated rings. The summed E-state index contributed by atoms with van der Waals surface area (Å²) in [4.78, 5) is 16.8. The fraction of sp³-hybridized carbons (Fsp3) is 0.231. The van der Waals surface area contributed by atoms with E-state index < -0.39 is 0 Å². The van der Waals surface area contributed by atoms with Crippen molar-refractivity contribution in [2.45, 2.75) is 13.5 Å². The van der Waals surface area contributed by atoms with Crippen molar-refractivity contribution < 1.29 is 4.79 Å². The third-order valence-corrected chi connectivity index (χ3v) is 4.23. The molecule has 3 rings (SSSR count). The largest absolute Gasteiger partial charge is 0.347 e. The van der Waals surface area contributed by atoms with Crippen molar-refractivity contribution in [3.8, 4) is 0 Å². The van der Waals surface area contributed by atoms with E-state index in [9.17, 15) is 4.79 Å². The Kier molecular flexibility index (Phi) is 3.30. The Morgan fingerprint density at radius 2 is 2.43 bits per heavy atom. The minimum absolute atomic E-state index is 0.222. The molecule has 0 saturated heterocycles. The maximum Gasteiger partial charge on any atom is 0.268 e. The number of amides is 1. The minimum atomic E-state index is -0.222. The molecule has 0 radical (unpaired) electrons. The molecule has 8 heteroatoms. The summed E-state index contributed by atoms with van der Waals surface area (Å²) < 4.78 is 2.61. The lowest BCUT2D eigenvalue weighted by Gasteiger charge is -2.06. The number of hydrogen-bond acceptors (Lipinski definition) is 5. The average molecular weight is 302 g/mol. The van der Waals surface area contributed by atoms with Gasteiger partial charge in [0.2, 0.25) is 0 Å². The van der Waals surface area contributed by atoms with Crippen LogP contribution in [0, 0.1) is 12.3 Å². The number of aryl methyl sites for hydroxylation is 2. The highest BCUT2D eigenvalue weighted by molar-refractivity contribution is 7.18. The first-order valence-corrected chi connectivity index (χ1v) is 7.15. The molecule has 0 aromatic carbocycles. The van der Waals surface area contributed by atoms with Crippen LogP contribution in [0.4, 0.5) is 0 Å². The summed E-state index contributed by atoms with van der Waals surface area (Å²) in [5, 5.41) is 17.9. The molecule has 7 nitrogen and oxygen atoms in total. The van der Waals surface area contributed by atoms with Gasteiger partial charge in [0, 0.05) is 37.1 Å². The van der Waals surface area contributed by atoms with Gasteiger partial charge in [-0.15, -0.1) is 11.3 Å². The van der Waals surface area contributed by atoms with Crippen LogP contribution >= 0.6 is 11.3 Å². The first-order valence-electron chi connectivity index (χ1n) is 6.34. The van der Waals surface area contributed by atoms with Gasteiger partial charge in [0.15, 0.2) is 5.65 Å². The van der Waals surface area contributed by atoms with E-state index in [4.69, 9.17) is 5.41 Å². The Balaban J connectivity index is 1.95. The smallest absolute Gasteiger partial charge is 0.268 e. The third-order valence-electron chi connectivity index (χ3n) is 3.24. The zero-order valence-electron chi connectivity index (χ0n) is 11.6. The Morgan fingerprint density at radius 1 is 1.62 bits per heavy atom. The lowest BCUT2D eigenvalue weighted by Crippen LogP contribution is -2.25. The molecule has 0 bridgehead atoms. The first-order chi connectivity index (χ1) is 10.1. The molecule has 0 unspecified atom stereocenters. The van der Waals surface area contributed by atoms with E-state index >= 15 is 0 Å². The molecule has 3 aromatic heterocycles. The molecule has 0 aliphatic carbocycles. The zero-order chi connectivity index (χ0) is 15.0. The van der Waals surface area contributed by atoms with E-state index in [1.165, 1.54) is 17.6 Å². The molecule has 108 valence electrons. The lowest BCUT2D eigenvalue weighted by molar-refractivity contribution is 0.0943. The van der Waals surface area contributed by atoms with Crippen LogP contribution in [-0.2, 0) is 13.6 Å². The second-order valence-electron chi connectivity index (χ2n) is 4.64. The topological polar surface area (TPSA) is 99.5 Å². The summed E-state index contributed by atoms with van der Waals surface area (Å²) in [6, 6.07) is 0. The predicted octanol–water partition coefficient (Wildman–Crippen LogP) is 1.59. The van der Waals surface area contributed by atoms with Crippen LogP contribution in [0.15, 0.2) is 12.4 Å². The van der Waals surface area contributed by atoms with Crippen molar-refractivity contribution >= 4 is 33.8 Å². The lowest BCUT2D eigenvalue weighted by atomic mass is 10.2. The molecule has 3 N–H and O–H groups in total. The van der Waals surface area contributed by atoms with Crippen molar-refractivity contribution in [1.82, 2.24) is 25.1 Å². The highest BCUT2D eigenvalue weighted by Crippen LogP contribution is 2.29. The number of fused-ring (bicyclic) bond motifs is 1. The van der Waals surface area contributed by atoms with Gasteiger partial charge in [-0.2, -0.15) is 5.10 Å². The van der Waals surface area contributed by atoms with Crippen LogP contribution in [0.5, 0.6) is 0 Å². The van der Waals surface area contributed by atoms with Crippen molar-refractivity contribution in [3.63, 3.8) is 0 Å². The third kappa shape index (κ3) is 2.23. The number of rotatable bonds is 4. The molecule has 3 aromatic rings. The minimum Gasteiger partial charge on any atom is -0.347 e. The van der Waals surface area contributed by atoms with E-state index in [1.54, 1.807) is 24.0 Å². The number of carbonyl (C=O) groups is 1. The van der Waals surface area contributed by atoms with E-state index in [2.05, 4.69) is 20.5 Å². The fourth-order valence-electron chi connectivity index (χ4n) is 2.26. The van der Waals surface area contributed by atoms with Crippen molar-refractivity contribution in [2.75, 3.05) is 0 Å². The number of H-pyrrole nitrogens is 1. The SMILES string of the molecule is Cc1nc2c(s1)c(C=N)c(C(=O)NCc1cn[nH]c1)n2C. The molecular weight excluding hydrogens is 288 g/mol. The summed E-state index contributed by atoms with van der Waals surface area (Å²) in [5.74, 6) is -0.222. The van der Waals surface area contributed by atoms with Crippen molar-refractivity contribution in [1.29, 1.82) is 5.41 Å². The highest BCUT2D eigenvalue weighted by atomic mass is 32.1. The van der Waals surface area contributed by atoms with Gasteiger partial charge in [-0.05, 0) is 6.92 Å². The number of nitrogens with zero attached hydrogens (tertiary/aromatic N) is 3. The van der Waals surface area contributed by atoms with Gasteiger partial charge in [0.25, 0.3) is 5.91 Å². The standard InChI is InChI=1S/C13H14N6OS/c1-7-18-12-11(21-7)9(3-14)10(19(12)2)13(20)15-4-8-5-16-17-6-8/h3,5-6,14H,4H2,1-2H3,(H,15,20)(H,16,17). The number of carbonyl (C=O) groups excluding carboxylic acids is 1. The normalized spacial score (nSPS) is 11.0. The van der Waals surface area contributed by atoms with Crippen LogP contribution < -0.4 is 5.32 Å². The maximum atomic E-state index is 12.4. The van der Waals surface area contributed by atoms with Crippen molar-refractivity contribution in [2.24, 2.45) is 7.05 Å². The van der Waals surface area contributed by atoms with Gasteiger partial charge in [0.1, 0.15) is 5.69 Å². The molecule has 0 aliphatic heterocycles. The molecule has 3 heterocycles. The van der Waals surface area contributed by atoms with Gasteiger partial charge in [-0.1, -0.05) is 0 Å². The molecule has 0 saturated carbocycles. The quantitative estimate of drug-likeness (QED) is 0.638. The van der Waals surface area contributed by atoms with E-state index in [0.29, 0.717) is 17.8 Å². The van der Waals surface area contributed by atoms with Gasteiger partial charge >= 0.3 is 0 Å². The average Bonchev–Trinajstić information content (AvgIpc) is 3.14. The number of aromatic amines is 1. The Hall–Kier alpha value is -2.48. The zero-order valence-corrected chi connectivity index (χ0v) is 12.4. The Morgan fingerprint density at radius 3 is 3.10 bits per heavy atom. The predicted molar refractivity (Wildman–Crippen MR) is 81.0 cm³/mol. The number of nitrogens with one attached hydrogen (secondary N) is 3. The number of aromatic nitrogens is 4. The van der Waals surface area contributed by atoms with Gasteiger partial charge in [-0.25, -0.2) is 4.98 Å². The summed E-state index contributed by atoms with van der Waals surface area (Å²) in [7, 11) is 1.79. The highest BCUT2D eigenvalue weighted by Gasteiger charge is 2.22.